The summed E-state index contributed by atoms with van der Waals surface area (Å²) < 4.78 is 24.6. The van der Waals surface area contributed by atoms with Gasteiger partial charge in [-0.25, -0.2) is 9.97 Å². The summed E-state index contributed by atoms with van der Waals surface area (Å²) in [5.41, 5.74) is 2.41. The SMILES string of the molecule is CCCc1nc(Cl)c(C)c(-c2ccc(SC(F)F)cc2)n1. The Morgan fingerprint density at radius 2 is 1.86 bits per heavy atom. The summed E-state index contributed by atoms with van der Waals surface area (Å²) in [5.74, 6) is -1.71. The lowest BCUT2D eigenvalue weighted by atomic mass is 10.1. The lowest BCUT2D eigenvalue weighted by Gasteiger charge is -2.10. The van der Waals surface area contributed by atoms with Crippen molar-refractivity contribution in [2.45, 2.75) is 37.3 Å². The van der Waals surface area contributed by atoms with Crippen LogP contribution in [0.2, 0.25) is 5.15 Å². The highest BCUT2D eigenvalue weighted by atomic mass is 35.5. The zero-order valence-electron chi connectivity index (χ0n) is 11.7. The van der Waals surface area contributed by atoms with Gasteiger partial charge in [-0.3, -0.25) is 0 Å². The smallest absolute Gasteiger partial charge is 0.233 e. The highest BCUT2D eigenvalue weighted by Gasteiger charge is 2.12. The molecule has 1 aromatic heterocycles. The van der Waals surface area contributed by atoms with E-state index in [1.165, 1.54) is 0 Å². The van der Waals surface area contributed by atoms with Gasteiger partial charge in [0.25, 0.3) is 5.76 Å². The van der Waals surface area contributed by atoms with Gasteiger partial charge in [0.2, 0.25) is 0 Å². The molecule has 0 amide bonds. The maximum Gasteiger partial charge on any atom is 0.288 e. The third-order valence-electron chi connectivity index (χ3n) is 2.96. The molecule has 0 fully saturated rings. The number of thioether (sulfide) groups is 1. The van der Waals surface area contributed by atoms with E-state index in [0.717, 1.165) is 29.7 Å². The van der Waals surface area contributed by atoms with Crippen molar-refractivity contribution in [3.8, 4) is 11.3 Å². The lowest BCUT2D eigenvalue weighted by Crippen LogP contribution is -2.00. The van der Waals surface area contributed by atoms with Crippen LogP contribution in [0.15, 0.2) is 29.2 Å². The number of rotatable bonds is 5. The molecule has 0 aliphatic heterocycles. The molecule has 0 atom stereocenters. The standard InChI is InChI=1S/C15H15ClF2N2S/c1-3-4-12-19-13(9(2)14(16)20-12)10-5-7-11(8-6-10)21-15(17)18/h5-8,15H,3-4H2,1-2H3. The summed E-state index contributed by atoms with van der Waals surface area (Å²) in [6.07, 6.45) is 1.69. The zero-order valence-corrected chi connectivity index (χ0v) is 13.3. The number of aryl methyl sites for hydroxylation is 1. The Balaban J connectivity index is 2.36. The highest BCUT2D eigenvalue weighted by Crippen LogP contribution is 2.30. The van der Waals surface area contributed by atoms with Crippen molar-refractivity contribution in [1.29, 1.82) is 0 Å². The Kier molecular flexibility index (Phi) is 5.53. The summed E-state index contributed by atoms with van der Waals surface area (Å²) in [5, 5.41) is 0.439. The predicted molar refractivity (Wildman–Crippen MR) is 83.1 cm³/mol. The zero-order chi connectivity index (χ0) is 15.4. The van der Waals surface area contributed by atoms with Crippen molar-refractivity contribution in [3.63, 3.8) is 0 Å². The molecule has 2 aromatic rings. The van der Waals surface area contributed by atoms with Gasteiger partial charge in [-0.1, -0.05) is 42.4 Å². The molecule has 0 bridgehead atoms. The maximum atomic E-state index is 12.3. The van der Waals surface area contributed by atoms with Crippen molar-refractivity contribution in [2.75, 3.05) is 0 Å². The summed E-state index contributed by atoms with van der Waals surface area (Å²) in [4.78, 5) is 9.32. The van der Waals surface area contributed by atoms with E-state index in [-0.39, 0.29) is 0 Å². The molecule has 0 saturated carbocycles. The molecule has 2 nitrogen and oxygen atoms in total. The van der Waals surface area contributed by atoms with Crippen LogP contribution in [-0.4, -0.2) is 15.7 Å². The molecule has 112 valence electrons. The van der Waals surface area contributed by atoms with Crippen molar-refractivity contribution in [1.82, 2.24) is 9.97 Å². The van der Waals surface area contributed by atoms with E-state index < -0.39 is 5.76 Å². The normalized spacial score (nSPS) is 11.1. The van der Waals surface area contributed by atoms with Gasteiger partial charge < -0.3 is 0 Å². The number of aromatic nitrogens is 2. The van der Waals surface area contributed by atoms with Crippen LogP contribution in [0, 0.1) is 6.92 Å². The second-order valence-corrected chi connectivity index (χ2v) is 5.98. The molecule has 0 unspecified atom stereocenters. The van der Waals surface area contributed by atoms with Gasteiger partial charge >= 0.3 is 0 Å². The van der Waals surface area contributed by atoms with Crippen LogP contribution < -0.4 is 0 Å². The van der Waals surface area contributed by atoms with Gasteiger partial charge in [-0.05, 0) is 25.5 Å². The molecule has 0 N–H and O–H groups in total. The molecular formula is C15H15ClF2N2S. The molecule has 6 heteroatoms. The van der Waals surface area contributed by atoms with Crippen molar-refractivity contribution >= 4 is 23.4 Å². The second-order valence-electron chi connectivity index (χ2n) is 4.56. The van der Waals surface area contributed by atoms with Crippen molar-refractivity contribution in [2.24, 2.45) is 0 Å². The Bertz CT molecular complexity index is 618. The van der Waals surface area contributed by atoms with Crippen LogP contribution in [0.5, 0.6) is 0 Å². The van der Waals surface area contributed by atoms with Gasteiger partial charge in [-0.15, -0.1) is 0 Å². The average Bonchev–Trinajstić information content (AvgIpc) is 2.43. The van der Waals surface area contributed by atoms with Crippen molar-refractivity contribution in [3.05, 3.63) is 40.8 Å². The van der Waals surface area contributed by atoms with E-state index in [1.54, 1.807) is 24.3 Å². The van der Waals surface area contributed by atoms with E-state index in [4.69, 9.17) is 11.6 Å². The molecule has 0 aliphatic rings. The first-order valence-corrected chi connectivity index (χ1v) is 7.85. The monoisotopic (exact) mass is 328 g/mol. The Morgan fingerprint density at radius 3 is 2.43 bits per heavy atom. The minimum atomic E-state index is -2.41. The van der Waals surface area contributed by atoms with E-state index in [1.807, 2.05) is 13.8 Å². The number of alkyl halides is 2. The van der Waals surface area contributed by atoms with Crippen molar-refractivity contribution < 1.29 is 8.78 Å². The minimum absolute atomic E-state index is 0.439. The van der Waals surface area contributed by atoms with Crippen LogP contribution in [-0.2, 0) is 6.42 Å². The van der Waals surface area contributed by atoms with Crippen LogP contribution in [0.25, 0.3) is 11.3 Å². The van der Waals surface area contributed by atoms with Gasteiger partial charge in [0.05, 0.1) is 5.69 Å². The number of nitrogens with zero attached hydrogens (tertiary/aromatic N) is 2. The molecule has 0 radical (unpaired) electrons. The average molecular weight is 329 g/mol. The molecule has 0 spiro atoms. The molecule has 2 rings (SSSR count). The molecule has 0 saturated heterocycles. The molecule has 1 heterocycles. The maximum absolute atomic E-state index is 12.3. The second kappa shape index (κ2) is 7.18. The number of halogens is 3. The molecule has 1 aromatic carbocycles. The minimum Gasteiger partial charge on any atom is -0.233 e. The van der Waals surface area contributed by atoms with Crippen LogP contribution in [0.3, 0.4) is 0 Å². The number of benzene rings is 1. The Labute approximate surface area is 132 Å². The fraction of sp³-hybridized carbons (Fsp3) is 0.333. The topological polar surface area (TPSA) is 25.8 Å². The fourth-order valence-electron chi connectivity index (χ4n) is 1.94. The molecule has 21 heavy (non-hydrogen) atoms. The number of hydrogen-bond donors (Lipinski definition) is 0. The van der Waals surface area contributed by atoms with Crippen LogP contribution in [0.1, 0.15) is 24.7 Å². The summed E-state index contributed by atoms with van der Waals surface area (Å²) in [7, 11) is 0. The quantitative estimate of drug-likeness (QED) is 0.545. The highest BCUT2D eigenvalue weighted by molar-refractivity contribution is 7.99. The largest absolute Gasteiger partial charge is 0.288 e. The predicted octanol–water partition coefficient (Wildman–Crippen LogP) is 5.37. The van der Waals surface area contributed by atoms with E-state index in [2.05, 4.69) is 9.97 Å². The first kappa shape index (κ1) is 16.2. The van der Waals surface area contributed by atoms with Crippen LogP contribution in [0.4, 0.5) is 8.78 Å². The van der Waals surface area contributed by atoms with E-state index >= 15 is 0 Å². The van der Waals surface area contributed by atoms with E-state index in [9.17, 15) is 8.78 Å². The van der Waals surface area contributed by atoms with E-state index in [0.29, 0.717) is 27.6 Å². The Morgan fingerprint density at radius 1 is 1.19 bits per heavy atom. The lowest BCUT2D eigenvalue weighted by molar-refractivity contribution is 0.252. The van der Waals surface area contributed by atoms with Gasteiger partial charge in [0, 0.05) is 22.4 Å². The first-order chi connectivity index (χ1) is 10.0. The molecular weight excluding hydrogens is 314 g/mol. The fourth-order valence-corrected chi connectivity index (χ4v) is 2.63. The third-order valence-corrected chi connectivity index (χ3v) is 4.05. The third kappa shape index (κ3) is 4.14. The summed E-state index contributed by atoms with van der Waals surface area (Å²) in [6, 6.07) is 6.90. The van der Waals surface area contributed by atoms with Gasteiger partial charge in [0.15, 0.2) is 0 Å². The van der Waals surface area contributed by atoms with Gasteiger partial charge in [-0.2, -0.15) is 8.78 Å². The van der Waals surface area contributed by atoms with Crippen LogP contribution >= 0.6 is 23.4 Å². The summed E-state index contributed by atoms with van der Waals surface area (Å²) in [6.45, 7) is 3.91. The Hall–Kier alpha value is -1.20. The molecule has 0 aliphatic carbocycles. The van der Waals surface area contributed by atoms with Gasteiger partial charge in [0.1, 0.15) is 11.0 Å². The summed E-state index contributed by atoms with van der Waals surface area (Å²) >= 11 is 6.68. The number of hydrogen-bond acceptors (Lipinski definition) is 3. The first-order valence-electron chi connectivity index (χ1n) is 6.59.